The minimum Gasteiger partial charge on any atom is -1.00 e. The summed E-state index contributed by atoms with van der Waals surface area (Å²) >= 11 is 3.00. The maximum absolute atomic E-state index is 2.26. The summed E-state index contributed by atoms with van der Waals surface area (Å²) in [6.07, 6.45) is 0. The minimum absolute atomic E-state index is 0. The van der Waals surface area contributed by atoms with Crippen molar-refractivity contribution in [1.29, 1.82) is 0 Å². The molecule has 0 aliphatic rings. The average molecular weight is 226 g/mol. The zero-order chi connectivity index (χ0) is 4.28. The first-order valence-corrected chi connectivity index (χ1v) is 6.88. The van der Waals surface area contributed by atoms with Gasteiger partial charge >= 0.3 is 50.1 Å². The predicted molar refractivity (Wildman–Crippen MR) is 26.6 cm³/mol. The fourth-order valence-electron chi connectivity index (χ4n) is 0. The summed E-state index contributed by atoms with van der Waals surface area (Å²) in [6.45, 7) is 4.51. The van der Waals surface area contributed by atoms with Crippen LogP contribution >= 0.6 is 0 Å². The Morgan fingerprint density at radius 2 is 1.67 bits per heavy atom. The molecule has 0 saturated carbocycles. The molecule has 0 nitrogen and oxygen atoms in total. The van der Waals surface area contributed by atoms with E-state index in [0.29, 0.717) is 0 Å². The molecule has 0 saturated heterocycles. The Morgan fingerprint density at radius 3 is 1.67 bits per heavy atom. The standard InChI is InChI=1S/C3H8Se.BrH.Mg/c1-3(2)4;;/h3-4H,1-2H3;1H;/q;;+2/p-2. The van der Waals surface area contributed by atoms with Gasteiger partial charge in [0.15, 0.2) is 0 Å². The maximum Gasteiger partial charge on any atom is -1.00 e. The molecule has 0 N–H and O–H groups in total. The van der Waals surface area contributed by atoms with Crippen LogP contribution in [0.5, 0.6) is 0 Å². The van der Waals surface area contributed by atoms with Crippen LogP contribution in [0.3, 0.4) is 0 Å². The van der Waals surface area contributed by atoms with Crippen LogP contribution in [0, 0.1) is 0 Å². The van der Waals surface area contributed by atoms with Gasteiger partial charge in [0.05, 0.1) is 0 Å². The minimum atomic E-state index is 0. The van der Waals surface area contributed by atoms with E-state index in [1.165, 1.54) is 0 Å². The average Bonchev–Trinajstić information content (AvgIpc) is 1.38. The number of rotatable bonds is 1. The van der Waals surface area contributed by atoms with Crippen LogP contribution in [0.2, 0.25) is 4.82 Å². The summed E-state index contributed by atoms with van der Waals surface area (Å²) in [7, 11) is 0. The van der Waals surface area contributed by atoms with E-state index in [1.807, 2.05) is 0 Å². The molecule has 0 atom stereocenters. The summed E-state index contributed by atoms with van der Waals surface area (Å²) in [5.74, 6) is 0. The van der Waals surface area contributed by atoms with Gasteiger partial charge in [-0.25, -0.2) is 0 Å². The zero-order valence-electron chi connectivity index (χ0n) is 4.07. The van der Waals surface area contributed by atoms with E-state index in [2.05, 4.69) is 33.4 Å². The number of hydrogen-bond acceptors (Lipinski definition) is 0. The molecule has 0 unspecified atom stereocenters. The molecule has 0 spiro atoms. The molecule has 0 bridgehead atoms. The Labute approximate surface area is 66.5 Å². The van der Waals surface area contributed by atoms with E-state index >= 15 is 0 Å². The third-order valence-electron chi connectivity index (χ3n) is 0.333. The van der Waals surface area contributed by atoms with Crippen molar-refractivity contribution in [1.82, 2.24) is 0 Å². The van der Waals surface area contributed by atoms with E-state index in [9.17, 15) is 0 Å². The number of halogens is 1. The Bertz CT molecular complexity index is 24.8. The first-order chi connectivity index (χ1) is 2.27. The quantitative estimate of drug-likeness (QED) is 0.438. The molecule has 6 heavy (non-hydrogen) atoms. The van der Waals surface area contributed by atoms with E-state index in [1.54, 1.807) is 0 Å². The van der Waals surface area contributed by atoms with Crippen molar-refractivity contribution >= 4 is 31.4 Å². The van der Waals surface area contributed by atoms with Crippen LogP contribution in [0.25, 0.3) is 0 Å². The smallest absolute Gasteiger partial charge is 1.00 e. The summed E-state index contributed by atoms with van der Waals surface area (Å²) < 4.78 is 0. The van der Waals surface area contributed by atoms with Gasteiger partial charge in [-0.1, -0.05) is 0 Å². The molecule has 34 valence electrons. The molecule has 0 radical (unpaired) electrons. The molecule has 0 amide bonds. The summed E-state index contributed by atoms with van der Waals surface area (Å²) in [5.41, 5.74) is 0. The second kappa shape index (κ2) is 6.77. The van der Waals surface area contributed by atoms with Gasteiger partial charge in [0.1, 0.15) is 0 Å². The fourth-order valence-corrected chi connectivity index (χ4v) is 0. The first-order valence-electron chi connectivity index (χ1n) is 1.68. The molecule has 0 aliphatic carbocycles. The monoisotopic (exact) mass is 226 g/mol. The van der Waals surface area contributed by atoms with Gasteiger partial charge in [-0.05, 0) is 0 Å². The summed E-state index contributed by atoms with van der Waals surface area (Å²) in [4.78, 5) is 0.959. The van der Waals surface area contributed by atoms with Gasteiger partial charge in [-0.3, -0.25) is 0 Å². The van der Waals surface area contributed by atoms with E-state index < -0.39 is 0 Å². The van der Waals surface area contributed by atoms with Crippen molar-refractivity contribution < 1.29 is 17.0 Å². The topological polar surface area (TPSA) is 0 Å². The second-order valence-corrected chi connectivity index (χ2v) is 5.62. The van der Waals surface area contributed by atoms with E-state index in [0.717, 1.165) is 16.7 Å². The van der Waals surface area contributed by atoms with E-state index in [-0.39, 0.29) is 17.0 Å². The van der Waals surface area contributed by atoms with Gasteiger partial charge in [0, 0.05) is 0 Å². The summed E-state index contributed by atoms with van der Waals surface area (Å²) in [5, 5.41) is 0. The second-order valence-electron chi connectivity index (χ2n) is 1.22. The normalized spacial score (nSPS) is 8.17. The van der Waals surface area contributed by atoms with Gasteiger partial charge in [0.25, 0.3) is 0 Å². The van der Waals surface area contributed by atoms with Crippen molar-refractivity contribution in [2.45, 2.75) is 18.7 Å². The zero-order valence-corrected chi connectivity index (χ0v) is 8.78. The molecular formula is C3H7BrMgSe. The molecular weight excluding hydrogens is 219 g/mol. The SMILES string of the molecule is CC(C)[Se][Mg+].[Br-]. The van der Waals surface area contributed by atoms with Crippen molar-refractivity contribution in [3.8, 4) is 0 Å². The third kappa shape index (κ3) is 9.23. The fraction of sp³-hybridized carbons (Fsp3) is 1.00. The van der Waals surface area contributed by atoms with Crippen LogP contribution in [0.4, 0.5) is 0 Å². The third-order valence-corrected chi connectivity index (χ3v) is 5.20. The largest absolute Gasteiger partial charge is 1.00 e. The Kier molecular flexibility index (Phi) is 12.1. The molecule has 0 fully saturated rings. The van der Waals surface area contributed by atoms with Gasteiger partial charge in [0.2, 0.25) is 0 Å². The van der Waals surface area contributed by atoms with Crippen molar-refractivity contribution in [3.63, 3.8) is 0 Å². The first kappa shape index (κ1) is 10.7. The van der Waals surface area contributed by atoms with Gasteiger partial charge < -0.3 is 17.0 Å². The molecule has 0 aromatic heterocycles. The van der Waals surface area contributed by atoms with Gasteiger partial charge in [-0.2, -0.15) is 0 Å². The number of hydrogen-bond donors (Lipinski definition) is 0. The van der Waals surface area contributed by atoms with Crippen molar-refractivity contribution in [2.24, 2.45) is 0 Å². The Morgan fingerprint density at radius 1 is 1.50 bits per heavy atom. The van der Waals surface area contributed by atoms with Crippen molar-refractivity contribution in [3.05, 3.63) is 0 Å². The molecule has 0 aliphatic heterocycles. The summed E-state index contributed by atoms with van der Waals surface area (Å²) in [6, 6.07) is 0. The van der Waals surface area contributed by atoms with Crippen LogP contribution < -0.4 is 17.0 Å². The molecule has 0 aromatic carbocycles. The van der Waals surface area contributed by atoms with Crippen LogP contribution in [0.15, 0.2) is 0 Å². The predicted octanol–water partition coefficient (Wildman–Crippen LogP) is -2.39. The molecule has 0 heterocycles. The van der Waals surface area contributed by atoms with Crippen LogP contribution in [-0.2, 0) is 0 Å². The van der Waals surface area contributed by atoms with E-state index in [4.69, 9.17) is 0 Å². The molecule has 0 rings (SSSR count). The Balaban J connectivity index is 0. The molecule has 3 heteroatoms. The van der Waals surface area contributed by atoms with Crippen LogP contribution in [-0.4, -0.2) is 31.4 Å². The Hall–Kier alpha value is 1.77. The van der Waals surface area contributed by atoms with Crippen LogP contribution in [0.1, 0.15) is 13.8 Å². The van der Waals surface area contributed by atoms with Crippen molar-refractivity contribution in [2.75, 3.05) is 0 Å². The molecule has 0 aromatic rings. The van der Waals surface area contributed by atoms with Gasteiger partial charge in [-0.15, -0.1) is 0 Å². The maximum atomic E-state index is 2.26.